The first-order valence-electron chi connectivity index (χ1n) is 5.94. The number of halogens is 1. The van der Waals surface area contributed by atoms with Gasteiger partial charge in [-0.15, -0.1) is 10.2 Å². The zero-order valence-electron chi connectivity index (χ0n) is 9.67. The van der Waals surface area contributed by atoms with Crippen molar-refractivity contribution >= 4 is 28.2 Å². The molecule has 2 aromatic rings. The summed E-state index contributed by atoms with van der Waals surface area (Å²) in [7, 11) is 0. The van der Waals surface area contributed by atoms with Crippen LogP contribution in [0.3, 0.4) is 0 Å². The molecule has 0 aromatic carbocycles. The first-order chi connectivity index (χ1) is 8.74. The van der Waals surface area contributed by atoms with Crippen LogP contribution in [0.15, 0.2) is 18.5 Å². The molecular weight excluding hydrogens is 252 g/mol. The number of fused-ring (bicyclic) bond motifs is 1. The molecule has 5 nitrogen and oxygen atoms in total. The molecule has 0 saturated heterocycles. The van der Waals surface area contributed by atoms with Crippen LogP contribution in [0, 0.1) is 0 Å². The van der Waals surface area contributed by atoms with E-state index in [1.54, 1.807) is 12.4 Å². The summed E-state index contributed by atoms with van der Waals surface area (Å²) in [5.74, 6) is 0.682. The van der Waals surface area contributed by atoms with Gasteiger partial charge in [0.1, 0.15) is 0 Å². The summed E-state index contributed by atoms with van der Waals surface area (Å²) in [5.41, 5.74) is 0. The highest BCUT2D eigenvalue weighted by molar-refractivity contribution is 6.34. The van der Waals surface area contributed by atoms with Gasteiger partial charge in [-0.2, -0.15) is 0 Å². The minimum Gasteiger partial charge on any atom is -0.393 e. The van der Waals surface area contributed by atoms with Gasteiger partial charge >= 0.3 is 0 Å². The molecule has 0 radical (unpaired) electrons. The van der Waals surface area contributed by atoms with E-state index in [-0.39, 0.29) is 12.1 Å². The van der Waals surface area contributed by atoms with E-state index in [4.69, 9.17) is 11.6 Å². The van der Waals surface area contributed by atoms with E-state index >= 15 is 0 Å². The second-order valence-corrected chi connectivity index (χ2v) is 4.93. The Morgan fingerprint density at radius 2 is 2.17 bits per heavy atom. The van der Waals surface area contributed by atoms with Gasteiger partial charge in [0.25, 0.3) is 0 Å². The number of anilines is 1. The van der Waals surface area contributed by atoms with Crippen molar-refractivity contribution in [2.45, 2.75) is 31.4 Å². The molecule has 2 atom stereocenters. The van der Waals surface area contributed by atoms with Crippen LogP contribution >= 0.6 is 11.6 Å². The molecule has 2 aromatic heterocycles. The Balaban J connectivity index is 1.95. The Morgan fingerprint density at radius 3 is 2.94 bits per heavy atom. The highest BCUT2D eigenvalue weighted by atomic mass is 35.5. The molecule has 0 aliphatic heterocycles. The summed E-state index contributed by atoms with van der Waals surface area (Å²) in [4.78, 5) is 4.09. The molecular formula is C12H13ClN4O. The maximum absolute atomic E-state index is 9.53. The number of pyridine rings is 1. The lowest BCUT2D eigenvalue weighted by atomic mass is 10.2. The lowest BCUT2D eigenvalue weighted by Gasteiger charge is -2.14. The molecule has 1 saturated carbocycles. The fourth-order valence-electron chi connectivity index (χ4n) is 2.35. The summed E-state index contributed by atoms with van der Waals surface area (Å²) in [6.45, 7) is 0. The average molecular weight is 265 g/mol. The third-order valence-corrected chi connectivity index (χ3v) is 3.56. The zero-order valence-corrected chi connectivity index (χ0v) is 10.4. The van der Waals surface area contributed by atoms with Crippen LogP contribution in [-0.2, 0) is 0 Å². The van der Waals surface area contributed by atoms with Crippen molar-refractivity contribution in [3.63, 3.8) is 0 Å². The smallest absolute Gasteiger partial charge is 0.159 e. The van der Waals surface area contributed by atoms with Gasteiger partial charge in [-0.25, -0.2) is 0 Å². The van der Waals surface area contributed by atoms with Crippen molar-refractivity contribution < 1.29 is 5.11 Å². The molecule has 2 N–H and O–H groups in total. The van der Waals surface area contributed by atoms with E-state index in [1.165, 1.54) is 0 Å². The molecule has 1 aliphatic carbocycles. The maximum atomic E-state index is 9.53. The zero-order chi connectivity index (χ0) is 12.5. The van der Waals surface area contributed by atoms with Crippen molar-refractivity contribution in [2.75, 3.05) is 5.32 Å². The van der Waals surface area contributed by atoms with Crippen molar-refractivity contribution in [3.8, 4) is 0 Å². The lowest BCUT2D eigenvalue weighted by molar-refractivity contribution is 0.182. The summed E-state index contributed by atoms with van der Waals surface area (Å²) in [6.07, 6.45) is 5.70. The average Bonchev–Trinajstić information content (AvgIpc) is 2.79. The topological polar surface area (TPSA) is 70.9 Å². The summed E-state index contributed by atoms with van der Waals surface area (Å²) in [5, 5.41) is 22.9. The standard InChI is InChI=1S/C12H13ClN4O/c13-11-9-3-4-14-6-10(9)12(17-16-11)15-7-1-2-8(18)5-7/h3-4,6-8,18H,1-2,5H2,(H,15,17)/t7-,8-/m1/s1. The molecule has 0 amide bonds. The molecule has 6 heteroatoms. The molecule has 18 heavy (non-hydrogen) atoms. The van der Waals surface area contributed by atoms with Gasteiger partial charge in [-0.05, 0) is 25.3 Å². The van der Waals surface area contributed by atoms with Gasteiger partial charge in [0.15, 0.2) is 11.0 Å². The second-order valence-electron chi connectivity index (χ2n) is 4.57. The van der Waals surface area contributed by atoms with Gasteiger partial charge in [-0.3, -0.25) is 4.98 Å². The third kappa shape index (κ3) is 2.11. The van der Waals surface area contributed by atoms with Crippen LogP contribution in [0.2, 0.25) is 5.15 Å². The van der Waals surface area contributed by atoms with Crippen molar-refractivity contribution in [1.82, 2.24) is 15.2 Å². The minimum absolute atomic E-state index is 0.216. The number of aliphatic hydroxyl groups is 1. The molecule has 1 aliphatic rings. The number of aliphatic hydroxyl groups excluding tert-OH is 1. The normalized spacial score (nSPS) is 23.4. The van der Waals surface area contributed by atoms with Crippen LogP contribution < -0.4 is 5.32 Å². The second kappa shape index (κ2) is 4.66. The highest BCUT2D eigenvalue weighted by Gasteiger charge is 2.23. The summed E-state index contributed by atoms with van der Waals surface area (Å²) in [6, 6.07) is 2.06. The van der Waals surface area contributed by atoms with Crippen LogP contribution in [0.4, 0.5) is 5.82 Å². The molecule has 0 unspecified atom stereocenters. The van der Waals surface area contributed by atoms with E-state index in [2.05, 4.69) is 20.5 Å². The number of aromatic nitrogens is 3. The SMILES string of the molecule is O[C@@H]1CC[C@@H](Nc2nnc(Cl)c3ccncc23)C1. The van der Waals surface area contributed by atoms with E-state index in [0.717, 1.165) is 30.0 Å². The number of rotatable bonds is 2. The van der Waals surface area contributed by atoms with Crippen LogP contribution in [0.25, 0.3) is 10.8 Å². The fourth-order valence-corrected chi connectivity index (χ4v) is 2.56. The Bertz CT molecular complexity index is 577. The van der Waals surface area contributed by atoms with Crippen LogP contribution in [-0.4, -0.2) is 32.4 Å². The molecule has 0 spiro atoms. The van der Waals surface area contributed by atoms with Gasteiger partial charge in [0.2, 0.25) is 0 Å². The number of nitrogens with one attached hydrogen (secondary N) is 1. The van der Waals surface area contributed by atoms with E-state index in [9.17, 15) is 5.11 Å². The Labute approximate surface area is 109 Å². The predicted octanol–water partition coefficient (Wildman–Crippen LogP) is 2.00. The summed E-state index contributed by atoms with van der Waals surface area (Å²) < 4.78 is 0. The van der Waals surface area contributed by atoms with E-state index in [0.29, 0.717) is 11.0 Å². The summed E-state index contributed by atoms with van der Waals surface area (Å²) >= 11 is 6.00. The monoisotopic (exact) mass is 264 g/mol. The van der Waals surface area contributed by atoms with E-state index < -0.39 is 0 Å². The first-order valence-corrected chi connectivity index (χ1v) is 6.32. The fraction of sp³-hybridized carbons (Fsp3) is 0.417. The quantitative estimate of drug-likeness (QED) is 0.868. The highest BCUT2D eigenvalue weighted by Crippen LogP contribution is 2.28. The van der Waals surface area contributed by atoms with Crippen LogP contribution in [0.5, 0.6) is 0 Å². The first kappa shape index (κ1) is 11.6. The molecule has 3 rings (SSSR count). The van der Waals surface area contributed by atoms with Gasteiger partial charge < -0.3 is 10.4 Å². The van der Waals surface area contributed by atoms with Gasteiger partial charge in [0, 0.05) is 29.2 Å². The van der Waals surface area contributed by atoms with Crippen LogP contribution in [0.1, 0.15) is 19.3 Å². The Hall–Kier alpha value is -1.46. The molecule has 0 bridgehead atoms. The largest absolute Gasteiger partial charge is 0.393 e. The van der Waals surface area contributed by atoms with Gasteiger partial charge in [0.05, 0.1) is 6.10 Å². The van der Waals surface area contributed by atoms with Crippen molar-refractivity contribution in [2.24, 2.45) is 0 Å². The third-order valence-electron chi connectivity index (χ3n) is 3.28. The lowest BCUT2D eigenvalue weighted by Crippen LogP contribution is -2.18. The molecule has 2 heterocycles. The van der Waals surface area contributed by atoms with Gasteiger partial charge in [-0.1, -0.05) is 11.6 Å². The number of hydrogen-bond donors (Lipinski definition) is 2. The number of hydrogen-bond acceptors (Lipinski definition) is 5. The van der Waals surface area contributed by atoms with E-state index in [1.807, 2.05) is 6.07 Å². The molecule has 1 fully saturated rings. The number of nitrogens with zero attached hydrogens (tertiary/aromatic N) is 3. The predicted molar refractivity (Wildman–Crippen MR) is 69.6 cm³/mol. The maximum Gasteiger partial charge on any atom is 0.159 e. The Kier molecular flexibility index (Phi) is 3.01. The van der Waals surface area contributed by atoms with Crippen molar-refractivity contribution in [3.05, 3.63) is 23.6 Å². The molecule has 94 valence electrons. The minimum atomic E-state index is -0.216. The van der Waals surface area contributed by atoms with Crippen molar-refractivity contribution in [1.29, 1.82) is 0 Å². The Morgan fingerprint density at radius 1 is 1.28 bits per heavy atom.